The van der Waals surface area contributed by atoms with Gasteiger partial charge in [-0.2, -0.15) is 8.78 Å². The lowest BCUT2D eigenvalue weighted by Crippen LogP contribution is -2.55. The fourth-order valence-corrected chi connectivity index (χ4v) is 1.80. The Morgan fingerprint density at radius 2 is 2.17 bits per heavy atom. The van der Waals surface area contributed by atoms with E-state index in [1.165, 1.54) is 0 Å². The van der Waals surface area contributed by atoms with E-state index in [2.05, 4.69) is 15.9 Å². The van der Waals surface area contributed by atoms with Gasteiger partial charge in [0, 0.05) is 6.54 Å². The van der Waals surface area contributed by atoms with Crippen LogP contribution in [0.3, 0.4) is 0 Å². The lowest BCUT2D eigenvalue weighted by atomic mass is 9.94. The first kappa shape index (κ1) is 10.3. The quantitative estimate of drug-likeness (QED) is 0.705. The summed E-state index contributed by atoms with van der Waals surface area (Å²) in [7, 11) is 1.73. The van der Waals surface area contributed by atoms with Gasteiger partial charge >= 0.3 is 4.83 Å². The zero-order valence-corrected chi connectivity index (χ0v) is 8.44. The Labute approximate surface area is 78.7 Å². The Morgan fingerprint density at radius 3 is 2.50 bits per heavy atom. The predicted octanol–water partition coefficient (Wildman–Crippen LogP) is 1.43. The van der Waals surface area contributed by atoms with Gasteiger partial charge in [-0.3, -0.25) is 0 Å². The van der Waals surface area contributed by atoms with Crippen LogP contribution in [0.15, 0.2) is 0 Å². The Balaban J connectivity index is 2.70. The van der Waals surface area contributed by atoms with Crippen molar-refractivity contribution in [1.29, 1.82) is 0 Å². The second-order valence-corrected chi connectivity index (χ2v) is 4.37. The van der Waals surface area contributed by atoms with Gasteiger partial charge < -0.3 is 10.0 Å². The molecule has 0 spiro atoms. The molecule has 1 atom stereocenters. The van der Waals surface area contributed by atoms with E-state index in [0.717, 1.165) is 6.54 Å². The highest BCUT2D eigenvalue weighted by molar-refractivity contribution is 9.10. The van der Waals surface area contributed by atoms with Crippen molar-refractivity contribution in [3.63, 3.8) is 0 Å². The number of β-amino-alcohol motifs (C(OH)–C–C–N with tert-alkyl or cyclic N) is 1. The summed E-state index contributed by atoms with van der Waals surface area (Å²) >= 11 is 2.21. The number of likely N-dealkylation sites (N-methyl/N-ethyl adjacent to an activating group) is 1. The zero-order chi connectivity index (χ0) is 9.41. The van der Waals surface area contributed by atoms with Gasteiger partial charge in [0.15, 0.2) is 5.60 Å². The normalized spacial score (nSPS) is 33.8. The van der Waals surface area contributed by atoms with Crippen molar-refractivity contribution in [3.05, 3.63) is 0 Å². The van der Waals surface area contributed by atoms with E-state index in [-0.39, 0.29) is 13.0 Å². The van der Waals surface area contributed by atoms with Gasteiger partial charge in [-0.05, 0) is 42.4 Å². The summed E-state index contributed by atoms with van der Waals surface area (Å²) in [5.41, 5.74) is -1.90. The van der Waals surface area contributed by atoms with Crippen molar-refractivity contribution in [2.45, 2.75) is 23.3 Å². The second kappa shape index (κ2) is 3.20. The summed E-state index contributed by atoms with van der Waals surface area (Å²) in [6.07, 6.45) is 0.754. The van der Waals surface area contributed by atoms with Crippen LogP contribution in [0.4, 0.5) is 8.78 Å². The number of likely N-dealkylation sites (tertiary alicyclic amines) is 1. The molecule has 1 unspecified atom stereocenters. The highest BCUT2D eigenvalue weighted by atomic mass is 79.9. The average Bonchev–Trinajstić information content (AvgIpc) is 1.83. The van der Waals surface area contributed by atoms with Crippen LogP contribution < -0.4 is 0 Å². The first-order valence-electron chi connectivity index (χ1n) is 3.83. The molecule has 2 nitrogen and oxygen atoms in total. The van der Waals surface area contributed by atoms with Crippen LogP contribution in [0.25, 0.3) is 0 Å². The molecule has 5 heteroatoms. The number of rotatable bonds is 1. The molecule has 1 aliphatic rings. The Morgan fingerprint density at radius 1 is 1.58 bits per heavy atom. The van der Waals surface area contributed by atoms with Crippen molar-refractivity contribution in [1.82, 2.24) is 4.90 Å². The number of alkyl halides is 3. The fraction of sp³-hybridized carbons (Fsp3) is 1.00. The highest BCUT2D eigenvalue weighted by Gasteiger charge is 2.51. The van der Waals surface area contributed by atoms with E-state index in [1.54, 1.807) is 11.9 Å². The minimum atomic E-state index is -3.19. The number of piperidine rings is 1. The minimum absolute atomic E-state index is 0.0191. The first-order chi connectivity index (χ1) is 5.35. The van der Waals surface area contributed by atoms with Gasteiger partial charge in [-0.25, -0.2) is 0 Å². The lowest BCUT2D eigenvalue weighted by Gasteiger charge is -2.39. The molecule has 0 bridgehead atoms. The maximum atomic E-state index is 12.8. The molecule has 0 aromatic rings. The number of halogens is 3. The molecule has 0 aliphatic carbocycles. The molecule has 1 saturated heterocycles. The minimum Gasteiger partial charge on any atom is -0.381 e. The van der Waals surface area contributed by atoms with Crippen LogP contribution in [0.5, 0.6) is 0 Å². The van der Waals surface area contributed by atoms with Gasteiger partial charge in [0.05, 0.1) is 0 Å². The van der Waals surface area contributed by atoms with Crippen LogP contribution in [0.1, 0.15) is 12.8 Å². The zero-order valence-electron chi connectivity index (χ0n) is 6.86. The number of hydrogen-bond acceptors (Lipinski definition) is 2. The molecular weight excluding hydrogens is 232 g/mol. The van der Waals surface area contributed by atoms with E-state index in [0.29, 0.717) is 6.42 Å². The van der Waals surface area contributed by atoms with E-state index in [1.807, 2.05) is 0 Å². The molecule has 0 radical (unpaired) electrons. The molecule has 12 heavy (non-hydrogen) atoms. The largest absolute Gasteiger partial charge is 0.381 e. The van der Waals surface area contributed by atoms with Gasteiger partial charge in [0.1, 0.15) is 0 Å². The van der Waals surface area contributed by atoms with Gasteiger partial charge in [0.25, 0.3) is 0 Å². The predicted molar refractivity (Wildman–Crippen MR) is 45.6 cm³/mol. The summed E-state index contributed by atoms with van der Waals surface area (Å²) in [6.45, 7) is 0.788. The third kappa shape index (κ3) is 1.95. The molecule has 1 heterocycles. The smallest absolute Gasteiger partial charge is 0.330 e. The number of hydrogen-bond donors (Lipinski definition) is 1. The summed E-state index contributed by atoms with van der Waals surface area (Å²) in [5.74, 6) is 0. The molecular formula is C7H12BrF2NO. The fourth-order valence-electron chi connectivity index (χ4n) is 1.48. The van der Waals surface area contributed by atoms with Crippen molar-refractivity contribution in [2.75, 3.05) is 20.1 Å². The maximum absolute atomic E-state index is 12.8. The van der Waals surface area contributed by atoms with E-state index >= 15 is 0 Å². The summed E-state index contributed by atoms with van der Waals surface area (Å²) in [4.78, 5) is -1.48. The Hall–Kier alpha value is 0.260. The Kier molecular flexibility index (Phi) is 2.75. The van der Waals surface area contributed by atoms with E-state index in [9.17, 15) is 13.9 Å². The lowest BCUT2D eigenvalue weighted by molar-refractivity contribution is -0.144. The average molecular weight is 244 g/mol. The van der Waals surface area contributed by atoms with Crippen LogP contribution in [-0.2, 0) is 0 Å². The SMILES string of the molecule is CN1CCCC(O)(C(F)(F)Br)C1. The summed E-state index contributed by atoms with van der Waals surface area (Å²) in [6, 6.07) is 0. The van der Waals surface area contributed by atoms with Gasteiger partial charge in [0.2, 0.25) is 0 Å². The number of aliphatic hydroxyl groups is 1. The van der Waals surface area contributed by atoms with Crippen LogP contribution in [0.2, 0.25) is 0 Å². The molecule has 1 N–H and O–H groups in total. The number of nitrogens with zero attached hydrogens (tertiary/aromatic N) is 1. The van der Waals surface area contributed by atoms with Crippen molar-refractivity contribution in [3.8, 4) is 0 Å². The third-order valence-electron chi connectivity index (χ3n) is 2.19. The van der Waals surface area contributed by atoms with Crippen molar-refractivity contribution in [2.24, 2.45) is 0 Å². The molecule has 0 aromatic heterocycles. The highest BCUT2D eigenvalue weighted by Crippen LogP contribution is 2.40. The van der Waals surface area contributed by atoms with Crippen LogP contribution in [0, 0.1) is 0 Å². The molecule has 1 aliphatic heterocycles. The van der Waals surface area contributed by atoms with Gasteiger partial charge in [-0.1, -0.05) is 0 Å². The standard InChI is InChI=1S/C7H12BrF2NO/c1-11-4-2-3-6(12,5-11)7(8,9)10/h12H,2-5H2,1H3. The Bertz CT molecular complexity index is 173. The van der Waals surface area contributed by atoms with Crippen molar-refractivity contribution >= 4 is 15.9 Å². The maximum Gasteiger partial charge on any atom is 0.330 e. The molecule has 0 saturated carbocycles. The van der Waals surface area contributed by atoms with Crippen LogP contribution >= 0.6 is 15.9 Å². The topological polar surface area (TPSA) is 23.5 Å². The molecule has 1 fully saturated rings. The monoisotopic (exact) mass is 243 g/mol. The molecule has 0 aromatic carbocycles. The molecule has 0 amide bonds. The molecule has 72 valence electrons. The summed E-state index contributed by atoms with van der Waals surface area (Å²) < 4.78 is 25.6. The third-order valence-corrected chi connectivity index (χ3v) is 2.93. The second-order valence-electron chi connectivity index (χ2n) is 3.37. The van der Waals surface area contributed by atoms with Gasteiger partial charge in [-0.15, -0.1) is 0 Å². The van der Waals surface area contributed by atoms with Crippen LogP contribution in [-0.4, -0.2) is 40.6 Å². The van der Waals surface area contributed by atoms with Crippen molar-refractivity contribution < 1.29 is 13.9 Å². The van der Waals surface area contributed by atoms with E-state index in [4.69, 9.17) is 0 Å². The van der Waals surface area contributed by atoms with E-state index < -0.39 is 10.4 Å². The summed E-state index contributed by atoms with van der Waals surface area (Å²) in [5, 5.41) is 9.54. The molecule has 1 rings (SSSR count). The first-order valence-corrected chi connectivity index (χ1v) is 4.62.